The van der Waals surface area contributed by atoms with E-state index in [0.717, 1.165) is 11.5 Å². The molecule has 15 heavy (non-hydrogen) atoms. The number of aryl methyl sites for hydroxylation is 1. The Morgan fingerprint density at radius 3 is 2.67 bits per heavy atom. The molecule has 0 unspecified atom stereocenters. The van der Waals surface area contributed by atoms with Crippen molar-refractivity contribution in [1.29, 1.82) is 0 Å². The quantitative estimate of drug-likeness (QED) is 0.815. The molecular weight excluding hydrogens is 186 g/mol. The lowest BCUT2D eigenvalue weighted by Gasteiger charge is -2.21. The summed E-state index contributed by atoms with van der Waals surface area (Å²) in [7, 11) is 2.15. The first-order valence-corrected chi connectivity index (χ1v) is 5.62. The highest BCUT2D eigenvalue weighted by Crippen LogP contribution is 2.31. The summed E-state index contributed by atoms with van der Waals surface area (Å²) >= 11 is 0. The number of hydrogen-bond acceptors (Lipinski definition) is 2. The number of aliphatic hydroxyl groups excluding tert-OH is 1. The van der Waals surface area contributed by atoms with Gasteiger partial charge in [0.1, 0.15) is 0 Å². The minimum atomic E-state index is 0.132. The Morgan fingerprint density at radius 2 is 2.13 bits per heavy atom. The molecule has 1 aliphatic rings. The number of benzene rings is 1. The normalized spacial score (nSPS) is 15.4. The van der Waals surface area contributed by atoms with Gasteiger partial charge in [-0.15, -0.1) is 0 Å². The van der Waals surface area contributed by atoms with Gasteiger partial charge >= 0.3 is 0 Å². The molecule has 1 aromatic rings. The van der Waals surface area contributed by atoms with E-state index in [2.05, 4.69) is 31.0 Å². The summed E-state index contributed by atoms with van der Waals surface area (Å²) in [6.45, 7) is 3.41. The van der Waals surface area contributed by atoms with E-state index in [1.165, 1.54) is 30.6 Å². The van der Waals surface area contributed by atoms with Crippen molar-refractivity contribution in [3.8, 4) is 0 Å². The molecule has 0 spiro atoms. The van der Waals surface area contributed by atoms with Crippen LogP contribution in [0.3, 0.4) is 0 Å². The van der Waals surface area contributed by atoms with Gasteiger partial charge in [-0.2, -0.15) is 0 Å². The molecule has 0 amide bonds. The standard InChI is InChI=1S/C13H19NO/c1-10-7-12(9-15)5-6-13(10)14(2)8-11-3-4-11/h5-7,11,15H,3-4,8-9H2,1-2H3. The summed E-state index contributed by atoms with van der Waals surface area (Å²) in [4.78, 5) is 2.33. The summed E-state index contributed by atoms with van der Waals surface area (Å²) < 4.78 is 0. The number of rotatable bonds is 4. The number of anilines is 1. The first kappa shape index (κ1) is 10.5. The van der Waals surface area contributed by atoms with E-state index in [4.69, 9.17) is 5.11 Å². The zero-order valence-corrected chi connectivity index (χ0v) is 9.53. The van der Waals surface area contributed by atoms with E-state index >= 15 is 0 Å². The smallest absolute Gasteiger partial charge is 0.0681 e. The molecule has 0 saturated heterocycles. The fourth-order valence-electron chi connectivity index (χ4n) is 2.03. The highest BCUT2D eigenvalue weighted by atomic mass is 16.3. The van der Waals surface area contributed by atoms with Crippen LogP contribution in [0, 0.1) is 12.8 Å². The molecule has 1 N–H and O–H groups in total. The van der Waals surface area contributed by atoms with Gasteiger partial charge in [-0.3, -0.25) is 0 Å². The second kappa shape index (κ2) is 4.23. The van der Waals surface area contributed by atoms with E-state index in [9.17, 15) is 0 Å². The fraction of sp³-hybridized carbons (Fsp3) is 0.538. The molecular formula is C13H19NO. The molecule has 82 valence electrons. The Kier molecular flexibility index (Phi) is 2.96. The fourth-order valence-corrected chi connectivity index (χ4v) is 2.03. The Balaban J connectivity index is 2.11. The van der Waals surface area contributed by atoms with Crippen LogP contribution in [-0.4, -0.2) is 18.7 Å². The van der Waals surface area contributed by atoms with Gasteiger partial charge in [0.25, 0.3) is 0 Å². The van der Waals surface area contributed by atoms with Crippen molar-refractivity contribution < 1.29 is 5.11 Å². The summed E-state index contributed by atoms with van der Waals surface area (Å²) in [5.41, 5.74) is 3.54. The predicted octanol–water partition coefficient (Wildman–Crippen LogP) is 2.33. The Morgan fingerprint density at radius 1 is 1.40 bits per heavy atom. The van der Waals surface area contributed by atoms with Crippen molar-refractivity contribution in [3.05, 3.63) is 29.3 Å². The molecule has 0 aliphatic heterocycles. The maximum atomic E-state index is 9.03. The van der Waals surface area contributed by atoms with Gasteiger partial charge in [0.15, 0.2) is 0 Å². The molecule has 0 radical (unpaired) electrons. The molecule has 0 bridgehead atoms. The Hall–Kier alpha value is -1.02. The summed E-state index contributed by atoms with van der Waals surface area (Å²) in [6, 6.07) is 6.19. The average Bonchev–Trinajstić information content (AvgIpc) is 3.01. The highest BCUT2D eigenvalue weighted by Gasteiger charge is 2.23. The predicted molar refractivity (Wildman–Crippen MR) is 63.1 cm³/mol. The third kappa shape index (κ3) is 2.51. The van der Waals surface area contributed by atoms with Gasteiger partial charge in [-0.1, -0.05) is 12.1 Å². The first-order chi connectivity index (χ1) is 7.20. The van der Waals surface area contributed by atoms with Gasteiger partial charge < -0.3 is 10.0 Å². The molecule has 1 fully saturated rings. The molecule has 2 heteroatoms. The lowest BCUT2D eigenvalue weighted by atomic mass is 10.1. The van der Waals surface area contributed by atoms with Crippen LogP contribution in [0.25, 0.3) is 0 Å². The largest absolute Gasteiger partial charge is 0.392 e. The van der Waals surface area contributed by atoms with Crippen molar-refractivity contribution >= 4 is 5.69 Å². The molecule has 1 aliphatic carbocycles. The van der Waals surface area contributed by atoms with Crippen LogP contribution in [0.5, 0.6) is 0 Å². The summed E-state index contributed by atoms with van der Waals surface area (Å²) in [5.74, 6) is 0.909. The van der Waals surface area contributed by atoms with Crippen LogP contribution in [0.4, 0.5) is 5.69 Å². The van der Waals surface area contributed by atoms with Gasteiger partial charge in [0.05, 0.1) is 6.61 Å². The molecule has 0 aromatic heterocycles. The van der Waals surface area contributed by atoms with Crippen LogP contribution in [0.1, 0.15) is 24.0 Å². The van der Waals surface area contributed by atoms with Gasteiger partial charge in [0, 0.05) is 19.3 Å². The molecule has 1 aromatic carbocycles. The summed E-state index contributed by atoms with van der Waals surface area (Å²) in [5, 5.41) is 9.03. The Labute approximate surface area is 91.5 Å². The lowest BCUT2D eigenvalue weighted by molar-refractivity contribution is 0.282. The molecule has 1 saturated carbocycles. The molecule has 2 nitrogen and oxygen atoms in total. The van der Waals surface area contributed by atoms with E-state index in [0.29, 0.717) is 0 Å². The van der Waals surface area contributed by atoms with Gasteiger partial charge in [0.2, 0.25) is 0 Å². The summed E-state index contributed by atoms with van der Waals surface area (Å²) in [6.07, 6.45) is 2.77. The van der Waals surface area contributed by atoms with E-state index < -0.39 is 0 Å². The van der Waals surface area contributed by atoms with E-state index in [1.807, 2.05) is 6.07 Å². The van der Waals surface area contributed by atoms with Gasteiger partial charge in [-0.05, 0) is 42.9 Å². The van der Waals surface area contributed by atoms with E-state index in [-0.39, 0.29) is 6.61 Å². The van der Waals surface area contributed by atoms with Crippen LogP contribution in [0.15, 0.2) is 18.2 Å². The topological polar surface area (TPSA) is 23.5 Å². The minimum Gasteiger partial charge on any atom is -0.392 e. The first-order valence-electron chi connectivity index (χ1n) is 5.62. The zero-order chi connectivity index (χ0) is 10.8. The van der Waals surface area contributed by atoms with E-state index in [1.54, 1.807) is 0 Å². The molecule has 0 atom stereocenters. The van der Waals surface area contributed by atoms with Crippen LogP contribution in [0.2, 0.25) is 0 Å². The second-order valence-electron chi connectivity index (χ2n) is 4.60. The zero-order valence-electron chi connectivity index (χ0n) is 9.53. The van der Waals surface area contributed by atoms with Crippen molar-refractivity contribution in [2.75, 3.05) is 18.5 Å². The van der Waals surface area contributed by atoms with Crippen molar-refractivity contribution in [3.63, 3.8) is 0 Å². The Bertz CT molecular complexity index is 344. The number of nitrogens with zero attached hydrogens (tertiary/aromatic N) is 1. The van der Waals surface area contributed by atoms with Crippen molar-refractivity contribution in [2.24, 2.45) is 5.92 Å². The van der Waals surface area contributed by atoms with Crippen molar-refractivity contribution in [1.82, 2.24) is 0 Å². The van der Waals surface area contributed by atoms with Crippen LogP contribution in [-0.2, 0) is 6.61 Å². The van der Waals surface area contributed by atoms with Crippen molar-refractivity contribution in [2.45, 2.75) is 26.4 Å². The number of hydrogen-bond donors (Lipinski definition) is 1. The monoisotopic (exact) mass is 205 g/mol. The maximum Gasteiger partial charge on any atom is 0.0681 e. The minimum absolute atomic E-state index is 0.132. The average molecular weight is 205 g/mol. The maximum absolute atomic E-state index is 9.03. The highest BCUT2D eigenvalue weighted by molar-refractivity contribution is 5.54. The van der Waals surface area contributed by atoms with Gasteiger partial charge in [-0.25, -0.2) is 0 Å². The molecule has 0 heterocycles. The third-order valence-electron chi connectivity index (χ3n) is 3.08. The lowest BCUT2D eigenvalue weighted by Crippen LogP contribution is -2.20. The number of aliphatic hydroxyl groups is 1. The third-order valence-corrected chi connectivity index (χ3v) is 3.08. The SMILES string of the molecule is Cc1cc(CO)ccc1N(C)CC1CC1. The van der Waals surface area contributed by atoms with Crippen LogP contribution >= 0.6 is 0 Å². The van der Waals surface area contributed by atoms with Crippen LogP contribution < -0.4 is 4.90 Å². The molecule has 2 rings (SSSR count). The second-order valence-corrected chi connectivity index (χ2v) is 4.60.